The first kappa shape index (κ1) is 16.7. The van der Waals surface area contributed by atoms with Crippen LogP contribution >= 0.6 is 0 Å². The molecule has 0 aliphatic heterocycles. The molecule has 1 heterocycles. The van der Waals surface area contributed by atoms with Crippen molar-refractivity contribution in [2.45, 2.75) is 24.8 Å². The van der Waals surface area contributed by atoms with Gasteiger partial charge in [-0.25, -0.2) is 4.98 Å². The minimum absolute atomic E-state index is 0.144. The molecule has 5 nitrogen and oxygen atoms in total. The summed E-state index contributed by atoms with van der Waals surface area (Å²) in [6.45, 7) is 0.410. The summed E-state index contributed by atoms with van der Waals surface area (Å²) in [6.07, 6.45) is -6.51. The van der Waals surface area contributed by atoms with Gasteiger partial charge in [0.1, 0.15) is 6.10 Å². The first-order chi connectivity index (χ1) is 9.31. The van der Waals surface area contributed by atoms with Gasteiger partial charge in [0.25, 0.3) is 0 Å². The van der Waals surface area contributed by atoms with Crippen LogP contribution in [0.1, 0.15) is 23.7 Å². The Morgan fingerprint density at radius 1 is 1.40 bits per heavy atom. The number of rotatable bonds is 6. The van der Waals surface area contributed by atoms with Gasteiger partial charge in [-0.05, 0) is 26.1 Å². The van der Waals surface area contributed by atoms with E-state index in [9.17, 15) is 23.4 Å². The van der Waals surface area contributed by atoms with Crippen molar-refractivity contribution < 1.29 is 28.1 Å². The summed E-state index contributed by atoms with van der Waals surface area (Å²) >= 11 is 0. The number of hydrogen-bond acceptors (Lipinski definition) is 5. The standard InChI is InChI=1S/C12H17F3N2O3/c1-16-4-3-9(18)10(19)8-5-7(12(13,14)15)6-17-11(8)20-2/h5-6,9-10,16,18-19H,3-4H2,1-2H3. The Morgan fingerprint density at radius 3 is 2.55 bits per heavy atom. The lowest BCUT2D eigenvalue weighted by Crippen LogP contribution is -2.24. The molecule has 2 atom stereocenters. The second-order valence-electron chi connectivity index (χ2n) is 4.22. The van der Waals surface area contributed by atoms with Crippen LogP contribution in [-0.4, -0.2) is 42.0 Å². The monoisotopic (exact) mass is 294 g/mol. The van der Waals surface area contributed by atoms with Gasteiger partial charge in [-0.15, -0.1) is 0 Å². The number of pyridine rings is 1. The lowest BCUT2D eigenvalue weighted by molar-refractivity contribution is -0.138. The number of nitrogens with zero attached hydrogens (tertiary/aromatic N) is 1. The van der Waals surface area contributed by atoms with E-state index in [1.807, 2.05) is 0 Å². The second-order valence-corrected chi connectivity index (χ2v) is 4.22. The summed E-state index contributed by atoms with van der Waals surface area (Å²) in [4.78, 5) is 3.52. The van der Waals surface area contributed by atoms with E-state index in [4.69, 9.17) is 4.74 Å². The third-order valence-corrected chi connectivity index (χ3v) is 2.77. The highest BCUT2D eigenvalue weighted by molar-refractivity contribution is 5.33. The van der Waals surface area contributed by atoms with E-state index < -0.39 is 23.9 Å². The number of alkyl halides is 3. The molecule has 0 aromatic carbocycles. The normalized spacial score (nSPS) is 14.9. The van der Waals surface area contributed by atoms with E-state index in [0.29, 0.717) is 12.7 Å². The molecule has 0 spiro atoms. The molecule has 0 bridgehead atoms. The quantitative estimate of drug-likeness (QED) is 0.733. The van der Waals surface area contributed by atoms with Crippen LogP contribution in [0, 0.1) is 0 Å². The molecule has 114 valence electrons. The highest BCUT2D eigenvalue weighted by Gasteiger charge is 2.33. The summed E-state index contributed by atoms with van der Waals surface area (Å²) in [7, 11) is 2.89. The number of nitrogens with one attached hydrogen (secondary N) is 1. The van der Waals surface area contributed by atoms with Gasteiger partial charge in [0.15, 0.2) is 0 Å². The van der Waals surface area contributed by atoms with Crippen molar-refractivity contribution in [1.82, 2.24) is 10.3 Å². The Labute approximate surface area is 114 Å². The van der Waals surface area contributed by atoms with Crippen LogP contribution in [0.25, 0.3) is 0 Å². The third kappa shape index (κ3) is 4.06. The van der Waals surface area contributed by atoms with E-state index >= 15 is 0 Å². The minimum atomic E-state index is -4.58. The Morgan fingerprint density at radius 2 is 2.05 bits per heavy atom. The average Bonchev–Trinajstić information content (AvgIpc) is 2.42. The van der Waals surface area contributed by atoms with Crippen LogP contribution in [0.15, 0.2) is 12.3 Å². The minimum Gasteiger partial charge on any atom is -0.481 e. The van der Waals surface area contributed by atoms with Gasteiger partial charge < -0.3 is 20.3 Å². The lowest BCUT2D eigenvalue weighted by Gasteiger charge is -2.20. The topological polar surface area (TPSA) is 74.6 Å². The van der Waals surface area contributed by atoms with Crippen molar-refractivity contribution in [3.05, 3.63) is 23.4 Å². The highest BCUT2D eigenvalue weighted by Crippen LogP contribution is 2.34. The first-order valence-electron chi connectivity index (χ1n) is 5.93. The van der Waals surface area contributed by atoms with E-state index in [2.05, 4.69) is 10.3 Å². The molecule has 20 heavy (non-hydrogen) atoms. The Kier molecular flexibility index (Phi) is 5.73. The van der Waals surface area contributed by atoms with Gasteiger partial charge in [0.2, 0.25) is 5.88 Å². The fraction of sp³-hybridized carbons (Fsp3) is 0.583. The summed E-state index contributed by atoms with van der Waals surface area (Å²) in [5.74, 6) is -0.144. The Balaban J connectivity index is 3.07. The lowest BCUT2D eigenvalue weighted by atomic mass is 10.0. The van der Waals surface area contributed by atoms with Crippen LogP contribution in [-0.2, 0) is 6.18 Å². The summed E-state index contributed by atoms with van der Waals surface area (Å²) < 4.78 is 42.7. The number of halogens is 3. The second kappa shape index (κ2) is 6.87. The van der Waals surface area contributed by atoms with Gasteiger partial charge in [-0.1, -0.05) is 0 Å². The van der Waals surface area contributed by atoms with E-state index in [1.165, 1.54) is 7.11 Å². The summed E-state index contributed by atoms with van der Waals surface area (Å²) in [5.41, 5.74) is -1.20. The molecule has 0 saturated carbocycles. The van der Waals surface area contributed by atoms with Crippen LogP contribution < -0.4 is 10.1 Å². The van der Waals surface area contributed by atoms with E-state index in [1.54, 1.807) is 7.05 Å². The number of aromatic nitrogens is 1. The maximum atomic E-state index is 12.6. The van der Waals surface area contributed by atoms with Crippen molar-refractivity contribution in [3.63, 3.8) is 0 Å². The van der Waals surface area contributed by atoms with Crippen molar-refractivity contribution >= 4 is 0 Å². The van der Waals surface area contributed by atoms with Gasteiger partial charge in [0, 0.05) is 11.8 Å². The van der Waals surface area contributed by atoms with Crippen molar-refractivity contribution in [2.24, 2.45) is 0 Å². The fourth-order valence-electron chi connectivity index (χ4n) is 1.66. The van der Waals surface area contributed by atoms with Crippen molar-refractivity contribution in [2.75, 3.05) is 20.7 Å². The smallest absolute Gasteiger partial charge is 0.417 e. The summed E-state index contributed by atoms with van der Waals surface area (Å²) in [5, 5.41) is 22.5. The maximum absolute atomic E-state index is 12.6. The predicted molar refractivity (Wildman–Crippen MR) is 65.3 cm³/mol. The van der Waals surface area contributed by atoms with Crippen LogP contribution in [0.5, 0.6) is 5.88 Å². The molecule has 0 fully saturated rings. The molecule has 3 N–H and O–H groups in total. The zero-order valence-corrected chi connectivity index (χ0v) is 11.1. The molecule has 1 aromatic rings. The predicted octanol–water partition coefficient (Wildman–Crippen LogP) is 1.11. The molecule has 0 aliphatic carbocycles. The number of methoxy groups -OCH3 is 1. The number of hydrogen-bond donors (Lipinski definition) is 3. The number of ether oxygens (including phenoxy) is 1. The molecule has 1 rings (SSSR count). The first-order valence-corrected chi connectivity index (χ1v) is 5.93. The van der Waals surface area contributed by atoms with Gasteiger partial charge >= 0.3 is 6.18 Å². The molecule has 8 heteroatoms. The fourth-order valence-corrected chi connectivity index (χ4v) is 1.66. The van der Waals surface area contributed by atoms with Gasteiger partial charge in [0.05, 0.1) is 18.8 Å². The Hall–Kier alpha value is -1.38. The maximum Gasteiger partial charge on any atom is 0.417 e. The van der Waals surface area contributed by atoms with Gasteiger partial charge in [-0.3, -0.25) is 0 Å². The van der Waals surface area contributed by atoms with E-state index in [-0.39, 0.29) is 17.9 Å². The summed E-state index contributed by atoms with van der Waals surface area (Å²) in [6, 6.07) is 0.735. The molecular weight excluding hydrogens is 277 g/mol. The van der Waals surface area contributed by atoms with Crippen LogP contribution in [0.2, 0.25) is 0 Å². The van der Waals surface area contributed by atoms with Crippen molar-refractivity contribution in [1.29, 1.82) is 0 Å². The number of aliphatic hydroxyl groups is 2. The molecular formula is C12H17F3N2O3. The molecule has 0 saturated heterocycles. The average molecular weight is 294 g/mol. The van der Waals surface area contributed by atoms with Crippen LogP contribution in [0.4, 0.5) is 13.2 Å². The van der Waals surface area contributed by atoms with Gasteiger partial charge in [-0.2, -0.15) is 13.2 Å². The molecule has 2 unspecified atom stereocenters. The third-order valence-electron chi connectivity index (χ3n) is 2.77. The largest absolute Gasteiger partial charge is 0.481 e. The molecule has 0 radical (unpaired) electrons. The number of aliphatic hydroxyl groups excluding tert-OH is 2. The Bertz CT molecular complexity index is 440. The molecule has 0 amide bonds. The zero-order valence-electron chi connectivity index (χ0n) is 11.1. The van der Waals surface area contributed by atoms with Crippen molar-refractivity contribution in [3.8, 4) is 5.88 Å². The highest BCUT2D eigenvalue weighted by atomic mass is 19.4. The van der Waals surface area contributed by atoms with E-state index in [0.717, 1.165) is 6.07 Å². The SMILES string of the molecule is CNCCC(O)C(O)c1cc(C(F)(F)F)cnc1OC. The molecule has 1 aromatic heterocycles. The molecule has 0 aliphatic rings. The zero-order chi connectivity index (χ0) is 15.3. The van der Waals surface area contributed by atoms with Crippen LogP contribution in [0.3, 0.4) is 0 Å².